The van der Waals surface area contributed by atoms with E-state index < -0.39 is 0 Å². The van der Waals surface area contributed by atoms with E-state index in [1.807, 2.05) is 13.8 Å². The highest BCUT2D eigenvalue weighted by atomic mass is 16.5. The number of carbonyl (C=O) groups excluding carboxylic acids is 2. The first-order chi connectivity index (χ1) is 12.5. The second-order valence-electron chi connectivity index (χ2n) is 6.48. The Bertz CT molecular complexity index is 698. The Morgan fingerprint density at radius 3 is 2.50 bits per heavy atom. The Labute approximate surface area is 153 Å². The van der Waals surface area contributed by atoms with E-state index in [9.17, 15) is 9.59 Å². The number of benzene rings is 1. The van der Waals surface area contributed by atoms with Crippen LogP contribution in [0.1, 0.15) is 50.4 Å². The average molecular weight is 358 g/mol. The third kappa shape index (κ3) is 5.68. The highest BCUT2D eigenvalue weighted by Gasteiger charge is 2.13. The van der Waals surface area contributed by atoms with Gasteiger partial charge in [-0.25, -0.2) is 0 Å². The van der Waals surface area contributed by atoms with Gasteiger partial charge in [-0.3, -0.25) is 9.59 Å². The summed E-state index contributed by atoms with van der Waals surface area (Å²) in [6.07, 6.45) is 3.82. The first-order valence-corrected chi connectivity index (χ1v) is 8.96. The van der Waals surface area contributed by atoms with Crippen molar-refractivity contribution < 1.29 is 14.1 Å². The van der Waals surface area contributed by atoms with Crippen molar-refractivity contribution in [1.82, 2.24) is 20.8 Å². The Morgan fingerprint density at radius 1 is 1.15 bits per heavy atom. The topological polar surface area (TPSA) is 97.1 Å². The van der Waals surface area contributed by atoms with Gasteiger partial charge in [-0.1, -0.05) is 37.6 Å². The van der Waals surface area contributed by atoms with E-state index in [2.05, 4.69) is 27.7 Å². The molecule has 0 aliphatic heterocycles. The molecule has 0 aliphatic rings. The summed E-state index contributed by atoms with van der Waals surface area (Å²) in [7, 11) is 0. The molecule has 0 spiro atoms. The SMILES string of the molecule is CCCC(C)C(=O)NCC[C@H](C)NC(=O)c1ccc(-c2ncon2)cc1. The lowest BCUT2D eigenvalue weighted by Gasteiger charge is -2.16. The summed E-state index contributed by atoms with van der Waals surface area (Å²) in [6.45, 7) is 6.47. The van der Waals surface area contributed by atoms with Crippen LogP contribution in [-0.2, 0) is 4.79 Å². The molecule has 2 aromatic rings. The maximum atomic E-state index is 12.3. The van der Waals surface area contributed by atoms with E-state index in [1.165, 1.54) is 6.39 Å². The van der Waals surface area contributed by atoms with Gasteiger partial charge in [0.1, 0.15) is 0 Å². The molecule has 2 atom stereocenters. The maximum absolute atomic E-state index is 12.3. The Balaban J connectivity index is 1.77. The number of carbonyl (C=O) groups is 2. The Morgan fingerprint density at radius 2 is 1.88 bits per heavy atom. The van der Waals surface area contributed by atoms with E-state index in [-0.39, 0.29) is 23.8 Å². The normalized spacial score (nSPS) is 13.0. The molecule has 0 aliphatic carbocycles. The van der Waals surface area contributed by atoms with Crippen LogP contribution in [-0.4, -0.2) is 34.5 Å². The van der Waals surface area contributed by atoms with Gasteiger partial charge in [-0.15, -0.1) is 0 Å². The molecular formula is C19H26N4O3. The van der Waals surface area contributed by atoms with E-state index in [0.29, 0.717) is 24.4 Å². The molecule has 1 aromatic heterocycles. The van der Waals surface area contributed by atoms with Gasteiger partial charge in [-0.2, -0.15) is 4.98 Å². The van der Waals surface area contributed by atoms with Crippen LogP contribution >= 0.6 is 0 Å². The van der Waals surface area contributed by atoms with Crippen LogP contribution in [0.25, 0.3) is 11.4 Å². The van der Waals surface area contributed by atoms with Crippen molar-refractivity contribution in [3.63, 3.8) is 0 Å². The van der Waals surface area contributed by atoms with Crippen LogP contribution < -0.4 is 10.6 Å². The van der Waals surface area contributed by atoms with E-state index in [0.717, 1.165) is 18.4 Å². The van der Waals surface area contributed by atoms with Gasteiger partial charge in [0.2, 0.25) is 18.1 Å². The average Bonchev–Trinajstić information content (AvgIpc) is 3.16. The largest absolute Gasteiger partial charge is 0.356 e. The predicted octanol–water partition coefficient (Wildman–Crippen LogP) is 2.80. The van der Waals surface area contributed by atoms with E-state index >= 15 is 0 Å². The Hall–Kier alpha value is -2.70. The van der Waals surface area contributed by atoms with Crippen molar-refractivity contribution in [1.29, 1.82) is 0 Å². The fraction of sp³-hybridized carbons (Fsp3) is 0.474. The first kappa shape index (κ1) is 19.6. The molecule has 140 valence electrons. The second kappa shape index (κ2) is 9.70. The molecule has 0 fully saturated rings. The molecule has 0 radical (unpaired) electrons. The van der Waals surface area contributed by atoms with Crippen molar-refractivity contribution in [3.05, 3.63) is 36.2 Å². The molecule has 7 heteroatoms. The molecule has 2 amide bonds. The monoisotopic (exact) mass is 358 g/mol. The molecular weight excluding hydrogens is 332 g/mol. The summed E-state index contributed by atoms with van der Waals surface area (Å²) < 4.78 is 4.71. The van der Waals surface area contributed by atoms with Crippen LogP contribution in [0.5, 0.6) is 0 Å². The second-order valence-corrected chi connectivity index (χ2v) is 6.48. The van der Waals surface area contributed by atoms with Crippen LogP contribution in [0.2, 0.25) is 0 Å². The van der Waals surface area contributed by atoms with Crippen molar-refractivity contribution in [3.8, 4) is 11.4 Å². The lowest BCUT2D eigenvalue weighted by atomic mass is 10.1. The number of hydrogen-bond acceptors (Lipinski definition) is 5. The third-order valence-electron chi connectivity index (χ3n) is 4.19. The molecule has 2 N–H and O–H groups in total. The van der Waals surface area contributed by atoms with Gasteiger partial charge >= 0.3 is 0 Å². The standard InChI is InChI=1S/C19H26N4O3/c1-4-5-13(2)18(24)20-11-10-14(3)22-19(25)16-8-6-15(7-9-16)17-21-12-26-23-17/h6-9,12-14H,4-5,10-11H2,1-3H3,(H,20,24)(H,22,25)/t13?,14-/m0/s1. The van der Waals surface area contributed by atoms with E-state index in [4.69, 9.17) is 4.52 Å². The summed E-state index contributed by atoms with van der Waals surface area (Å²) in [6, 6.07) is 6.96. The fourth-order valence-corrected chi connectivity index (χ4v) is 2.60. The van der Waals surface area contributed by atoms with Gasteiger partial charge in [0, 0.05) is 29.6 Å². The number of rotatable bonds is 9. The van der Waals surface area contributed by atoms with Gasteiger partial charge in [0.25, 0.3) is 5.91 Å². The van der Waals surface area contributed by atoms with Gasteiger partial charge in [-0.05, 0) is 31.9 Å². The zero-order valence-electron chi connectivity index (χ0n) is 15.5. The quantitative estimate of drug-likeness (QED) is 0.718. The molecule has 1 aromatic carbocycles. The number of aromatic nitrogens is 2. The zero-order valence-corrected chi connectivity index (χ0v) is 15.5. The van der Waals surface area contributed by atoms with Gasteiger partial charge in [0.15, 0.2) is 0 Å². The zero-order chi connectivity index (χ0) is 18.9. The maximum Gasteiger partial charge on any atom is 0.251 e. The fourth-order valence-electron chi connectivity index (χ4n) is 2.60. The van der Waals surface area contributed by atoms with Crippen molar-refractivity contribution in [2.24, 2.45) is 5.92 Å². The molecule has 0 saturated carbocycles. The third-order valence-corrected chi connectivity index (χ3v) is 4.19. The first-order valence-electron chi connectivity index (χ1n) is 8.96. The predicted molar refractivity (Wildman–Crippen MR) is 98.4 cm³/mol. The molecule has 1 heterocycles. The number of amides is 2. The molecule has 0 saturated heterocycles. The van der Waals surface area contributed by atoms with Gasteiger partial charge < -0.3 is 15.2 Å². The number of nitrogens with one attached hydrogen (secondary N) is 2. The van der Waals surface area contributed by atoms with Crippen LogP contribution in [0.3, 0.4) is 0 Å². The van der Waals surface area contributed by atoms with Crippen LogP contribution in [0.4, 0.5) is 0 Å². The molecule has 2 rings (SSSR count). The van der Waals surface area contributed by atoms with Gasteiger partial charge in [0.05, 0.1) is 0 Å². The summed E-state index contributed by atoms with van der Waals surface area (Å²) in [4.78, 5) is 28.1. The molecule has 0 bridgehead atoms. The molecule has 1 unspecified atom stereocenters. The minimum Gasteiger partial charge on any atom is -0.356 e. The highest BCUT2D eigenvalue weighted by Crippen LogP contribution is 2.15. The molecule has 26 heavy (non-hydrogen) atoms. The highest BCUT2D eigenvalue weighted by molar-refractivity contribution is 5.94. The van der Waals surface area contributed by atoms with Crippen molar-refractivity contribution >= 4 is 11.8 Å². The summed E-state index contributed by atoms with van der Waals surface area (Å²) in [5.41, 5.74) is 1.34. The summed E-state index contributed by atoms with van der Waals surface area (Å²) in [5.74, 6) is 0.436. The van der Waals surface area contributed by atoms with Crippen LogP contribution in [0.15, 0.2) is 35.2 Å². The van der Waals surface area contributed by atoms with Crippen molar-refractivity contribution in [2.45, 2.75) is 46.1 Å². The van der Waals surface area contributed by atoms with Crippen LogP contribution in [0, 0.1) is 5.92 Å². The minimum absolute atomic E-state index is 0.0302. The smallest absolute Gasteiger partial charge is 0.251 e. The number of nitrogens with zero attached hydrogens (tertiary/aromatic N) is 2. The summed E-state index contributed by atoms with van der Waals surface area (Å²) in [5, 5.41) is 9.62. The molecule has 7 nitrogen and oxygen atoms in total. The minimum atomic E-state index is -0.150. The lowest BCUT2D eigenvalue weighted by Crippen LogP contribution is -2.37. The van der Waals surface area contributed by atoms with Crippen molar-refractivity contribution in [2.75, 3.05) is 6.54 Å². The Kier molecular flexibility index (Phi) is 7.32. The lowest BCUT2D eigenvalue weighted by molar-refractivity contribution is -0.124. The number of hydrogen-bond donors (Lipinski definition) is 2. The van der Waals surface area contributed by atoms with E-state index in [1.54, 1.807) is 24.3 Å². The summed E-state index contributed by atoms with van der Waals surface area (Å²) >= 11 is 0.